The second-order valence-electron chi connectivity index (χ2n) is 6.29. The van der Waals surface area contributed by atoms with Crippen LogP contribution in [0.25, 0.3) is 5.52 Å². The molecule has 0 aromatic carbocycles. The third-order valence-corrected chi connectivity index (χ3v) is 3.76. The minimum atomic E-state index is 0.414. The minimum Gasteiger partial charge on any atom is -0.237 e. The Labute approximate surface area is 116 Å². The van der Waals surface area contributed by atoms with Gasteiger partial charge in [-0.15, -0.1) is 0 Å². The summed E-state index contributed by atoms with van der Waals surface area (Å²) in [6.45, 7) is 15.6. The summed E-state index contributed by atoms with van der Waals surface area (Å²) in [5, 5.41) is 4.51. The molecule has 0 amide bonds. The molecule has 2 heterocycles. The SMILES string of the molecule is Cc1c(C(C)C)c2c(C(C)C)ncnn2c1C(C)C. The number of fused-ring (bicyclic) bond motifs is 1. The first kappa shape index (κ1) is 14.0. The van der Waals surface area contributed by atoms with E-state index >= 15 is 0 Å². The largest absolute Gasteiger partial charge is 0.237 e. The van der Waals surface area contributed by atoms with Crippen LogP contribution in [0.15, 0.2) is 6.33 Å². The summed E-state index contributed by atoms with van der Waals surface area (Å²) in [5.41, 5.74) is 6.51. The Kier molecular flexibility index (Phi) is 3.66. The van der Waals surface area contributed by atoms with E-state index in [1.165, 1.54) is 22.3 Å². The summed E-state index contributed by atoms with van der Waals surface area (Å²) in [7, 11) is 0. The number of rotatable bonds is 3. The van der Waals surface area contributed by atoms with E-state index in [0.717, 1.165) is 5.69 Å². The maximum absolute atomic E-state index is 4.53. The van der Waals surface area contributed by atoms with E-state index in [1.54, 1.807) is 6.33 Å². The molecule has 0 aliphatic heterocycles. The van der Waals surface area contributed by atoms with Gasteiger partial charge in [-0.3, -0.25) is 0 Å². The molecule has 0 aliphatic carbocycles. The lowest BCUT2D eigenvalue weighted by molar-refractivity contribution is 0.723. The first-order valence-electron chi connectivity index (χ1n) is 7.22. The number of hydrogen-bond acceptors (Lipinski definition) is 2. The topological polar surface area (TPSA) is 30.2 Å². The van der Waals surface area contributed by atoms with Gasteiger partial charge in [0.2, 0.25) is 0 Å². The zero-order chi connectivity index (χ0) is 14.3. The van der Waals surface area contributed by atoms with E-state index in [4.69, 9.17) is 0 Å². The van der Waals surface area contributed by atoms with E-state index in [1.807, 2.05) is 0 Å². The molecule has 104 valence electrons. The van der Waals surface area contributed by atoms with Crippen LogP contribution >= 0.6 is 0 Å². The quantitative estimate of drug-likeness (QED) is 0.817. The van der Waals surface area contributed by atoms with Crippen LogP contribution in [0, 0.1) is 6.92 Å². The van der Waals surface area contributed by atoms with Crippen LogP contribution in [0.4, 0.5) is 0 Å². The van der Waals surface area contributed by atoms with Gasteiger partial charge in [0.15, 0.2) is 0 Å². The van der Waals surface area contributed by atoms with Crippen LogP contribution in [0.5, 0.6) is 0 Å². The smallest absolute Gasteiger partial charge is 0.136 e. The van der Waals surface area contributed by atoms with Crippen molar-refractivity contribution < 1.29 is 0 Å². The van der Waals surface area contributed by atoms with Gasteiger partial charge < -0.3 is 0 Å². The molecule has 3 nitrogen and oxygen atoms in total. The second-order valence-corrected chi connectivity index (χ2v) is 6.29. The monoisotopic (exact) mass is 259 g/mol. The van der Waals surface area contributed by atoms with Gasteiger partial charge in [-0.25, -0.2) is 9.50 Å². The van der Waals surface area contributed by atoms with Crippen LogP contribution in [0.1, 0.15) is 81.8 Å². The standard InChI is InChI=1S/C16H25N3/c1-9(2)13-12(7)15(11(5)6)19-16(13)14(10(3)4)17-8-18-19/h8-11H,1-7H3. The second kappa shape index (κ2) is 4.95. The molecule has 0 atom stereocenters. The van der Waals surface area contributed by atoms with Crippen LogP contribution < -0.4 is 0 Å². The molecule has 2 rings (SSSR count). The van der Waals surface area contributed by atoms with Crippen LogP contribution in [-0.4, -0.2) is 14.6 Å². The van der Waals surface area contributed by atoms with Crippen molar-refractivity contribution in [1.29, 1.82) is 0 Å². The minimum absolute atomic E-state index is 0.414. The summed E-state index contributed by atoms with van der Waals surface area (Å²) in [6, 6.07) is 0. The van der Waals surface area contributed by atoms with Gasteiger partial charge in [0.25, 0.3) is 0 Å². The maximum atomic E-state index is 4.53. The molecule has 0 saturated heterocycles. The predicted molar refractivity (Wildman–Crippen MR) is 80.0 cm³/mol. The maximum Gasteiger partial charge on any atom is 0.136 e. The highest BCUT2D eigenvalue weighted by Crippen LogP contribution is 2.35. The van der Waals surface area contributed by atoms with Crippen molar-refractivity contribution in [2.45, 2.75) is 66.2 Å². The summed E-state index contributed by atoms with van der Waals surface area (Å²) in [5.74, 6) is 1.37. The molecule has 3 heteroatoms. The van der Waals surface area contributed by atoms with Crippen molar-refractivity contribution in [3.05, 3.63) is 28.8 Å². The normalized spacial score (nSPS) is 12.3. The van der Waals surface area contributed by atoms with Crippen LogP contribution in [0.3, 0.4) is 0 Å². The molecule has 0 fully saturated rings. The summed E-state index contributed by atoms with van der Waals surface area (Å²) < 4.78 is 2.12. The summed E-state index contributed by atoms with van der Waals surface area (Å²) >= 11 is 0. The first-order valence-corrected chi connectivity index (χ1v) is 7.22. The highest BCUT2D eigenvalue weighted by molar-refractivity contribution is 5.66. The molecular formula is C16H25N3. The Morgan fingerprint density at radius 3 is 2.05 bits per heavy atom. The van der Waals surface area contributed by atoms with Gasteiger partial charge in [-0.05, 0) is 35.8 Å². The Morgan fingerprint density at radius 2 is 1.58 bits per heavy atom. The fourth-order valence-corrected chi connectivity index (χ4v) is 3.08. The Morgan fingerprint density at radius 1 is 0.947 bits per heavy atom. The molecule has 0 N–H and O–H groups in total. The van der Waals surface area contributed by atoms with Gasteiger partial charge in [0.1, 0.15) is 6.33 Å². The van der Waals surface area contributed by atoms with Crippen molar-refractivity contribution in [1.82, 2.24) is 14.6 Å². The molecule has 0 saturated carbocycles. The van der Waals surface area contributed by atoms with Gasteiger partial charge in [0.05, 0.1) is 11.2 Å². The summed E-state index contributed by atoms with van der Waals surface area (Å²) in [4.78, 5) is 4.53. The number of aromatic nitrogens is 3. The van der Waals surface area contributed by atoms with Crippen LogP contribution in [0.2, 0.25) is 0 Å². The van der Waals surface area contributed by atoms with E-state index in [2.05, 4.69) is 63.1 Å². The Hall–Kier alpha value is -1.38. The fourth-order valence-electron chi connectivity index (χ4n) is 3.08. The van der Waals surface area contributed by atoms with Crippen molar-refractivity contribution in [3.63, 3.8) is 0 Å². The van der Waals surface area contributed by atoms with E-state index < -0.39 is 0 Å². The zero-order valence-electron chi connectivity index (χ0n) is 13.2. The van der Waals surface area contributed by atoms with E-state index in [-0.39, 0.29) is 0 Å². The molecule has 0 unspecified atom stereocenters. The Bertz CT molecular complexity index is 592. The van der Waals surface area contributed by atoms with E-state index in [9.17, 15) is 0 Å². The lowest BCUT2D eigenvalue weighted by Crippen LogP contribution is -2.05. The van der Waals surface area contributed by atoms with Gasteiger partial charge in [-0.2, -0.15) is 5.10 Å². The summed E-state index contributed by atoms with van der Waals surface area (Å²) in [6.07, 6.45) is 1.69. The third kappa shape index (κ3) is 2.15. The predicted octanol–water partition coefficient (Wildman–Crippen LogP) is 4.41. The molecule has 2 aromatic rings. The fraction of sp³-hybridized carbons (Fsp3) is 0.625. The van der Waals surface area contributed by atoms with Crippen LogP contribution in [-0.2, 0) is 0 Å². The molecule has 0 bridgehead atoms. The van der Waals surface area contributed by atoms with Crippen molar-refractivity contribution in [2.75, 3.05) is 0 Å². The molecular weight excluding hydrogens is 234 g/mol. The van der Waals surface area contributed by atoms with Gasteiger partial charge >= 0.3 is 0 Å². The lowest BCUT2D eigenvalue weighted by Gasteiger charge is -2.11. The van der Waals surface area contributed by atoms with Gasteiger partial charge in [-0.1, -0.05) is 41.5 Å². The average Bonchev–Trinajstić information content (AvgIpc) is 2.59. The molecule has 2 aromatic heterocycles. The third-order valence-electron chi connectivity index (χ3n) is 3.76. The highest BCUT2D eigenvalue weighted by atomic mass is 15.2. The number of hydrogen-bond donors (Lipinski definition) is 0. The van der Waals surface area contributed by atoms with Crippen molar-refractivity contribution >= 4 is 5.52 Å². The van der Waals surface area contributed by atoms with E-state index in [0.29, 0.717) is 17.8 Å². The average molecular weight is 259 g/mol. The first-order chi connectivity index (χ1) is 8.86. The van der Waals surface area contributed by atoms with Gasteiger partial charge in [0, 0.05) is 5.69 Å². The molecule has 0 spiro atoms. The van der Waals surface area contributed by atoms with Crippen molar-refractivity contribution in [2.24, 2.45) is 0 Å². The van der Waals surface area contributed by atoms with Crippen molar-refractivity contribution in [3.8, 4) is 0 Å². The highest BCUT2D eigenvalue weighted by Gasteiger charge is 2.23. The zero-order valence-corrected chi connectivity index (χ0v) is 13.2. The Balaban J connectivity index is 2.94. The molecule has 19 heavy (non-hydrogen) atoms. The molecule has 0 radical (unpaired) electrons. The number of nitrogens with zero attached hydrogens (tertiary/aromatic N) is 3. The molecule has 0 aliphatic rings. The lowest BCUT2D eigenvalue weighted by atomic mass is 9.95.